The predicted molar refractivity (Wildman–Crippen MR) is 76.1 cm³/mol. The smallest absolute Gasteiger partial charge is 0.0992 e. The quantitative estimate of drug-likeness (QED) is 0.932. The lowest BCUT2D eigenvalue weighted by Gasteiger charge is -2.08. The second-order valence-corrected chi connectivity index (χ2v) is 4.67. The molecule has 0 saturated carbocycles. The molecule has 0 aliphatic rings. The van der Waals surface area contributed by atoms with Gasteiger partial charge in [-0.05, 0) is 30.7 Å². The Kier molecular flexibility index (Phi) is 4.08. The Morgan fingerprint density at radius 1 is 1.42 bits per heavy atom. The first kappa shape index (κ1) is 13.4. The Morgan fingerprint density at radius 2 is 2.21 bits per heavy atom. The zero-order valence-corrected chi connectivity index (χ0v) is 11.7. The molecule has 0 bridgehead atoms. The lowest BCUT2D eigenvalue weighted by Crippen LogP contribution is -2.05. The van der Waals surface area contributed by atoms with Crippen molar-refractivity contribution in [2.24, 2.45) is 7.05 Å². The fraction of sp³-hybridized carbons (Fsp3) is 0.286. The molecule has 1 aromatic carbocycles. The summed E-state index contributed by atoms with van der Waals surface area (Å²) in [6, 6.07) is 9.34. The predicted octanol–water partition coefficient (Wildman–Crippen LogP) is 3.12. The highest BCUT2D eigenvalue weighted by Gasteiger charge is 2.06. The molecule has 1 N–H and O–H groups in total. The van der Waals surface area contributed by atoms with Crippen molar-refractivity contribution in [3.05, 3.63) is 46.2 Å². The van der Waals surface area contributed by atoms with Crippen LogP contribution in [0.3, 0.4) is 0 Å². The van der Waals surface area contributed by atoms with Gasteiger partial charge in [-0.3, -0.25) is 4.68 Å². The van der Waals surface area contributed by atoms with E-state index in [1.807, 2.05) is 11.7 Å². The van der Waals surface area contributed by atoms with E-state index in [2.05, 4.69) is 29.5 Å². The molecule has 5 heteroatoms. The summed E-state index contributed by atoms with van der Waals surface area (Å²) < 4.78 is 1.86. The van der Waals surface area contributed by atoms with Gasteiger partial charge >= 0.3 is 0 Å². The van der Waals surface area contributed by atoms with Gasteiger partial charge in [-0.1, -0.05) is 18.5 Å². The molecule has 0 atom stereocenters. The van der Waals surface area contributed by atoms with Crippen LogP contribution in [0.1, 0.15) is 23.9 Å². The second kappa shape index (κ2) is 5.77. The standard InChI is InChI=1S/C14H15ClN4/c1-3-11-7-12(19(2)18-11)9-17-14-6-10(8-16)4-5-13(14)15/h4-7,17H,3,9H2,1-2H3. The molecule has 0 fully saturated rings. The number of aryl methyl sites for hydroxylation is 2. The van der Waals surface area contributed by atoms with Crippen molar-refractivity contribution in [1.82, 2.24) is 9.78 Å². The van der Waals surface area contributed by atoms with Crippen LogP contribution in [0.4, 0.5) is 5.69 Å². The highest BCUT2D eigenvalue weighted by Crippen LogP contribution is 2.23. The van der Waals surface area contributed by atoms with Crippen LogP contribution in [0.2, 0.25) is 5.02 Å². The number of nitrogens with one attached hydrogen (secondary N) is 1. The number of hydrogen-bond donors (Lipinski definition) is 1. The molecule has 0 aliphatic carbocycles. The zero-order chi connectivity index (χ0) is 13.8. The minimum atomic E-state index is 0.589. The van der Waals surface area contributed by atoms with Crippen molar-refractivity contribution in [3.8, 4) is 6.07 Å². The number of rotatable bonds is 4. The summed E-state index contributed by atoms with van der Waals surface area (Å²) in [5.41, 5.74) is 3.50. The van der Waals surface area contributed by atoms with Crippen LogP contribution in [0.5, 0.6) is 0 Å². The van der Waals surface area contributed by atoms with Gasteiger partial charge in [0.25, 0.3) is 0 Å². The van der Waals surface area contributed by atoms with Crippen molar-refractivity contribution in [1.29, 1.82) is 5.26 Å². The molecule has 0 aliphatic heterocycles. The summed E-state index contributed by atoms with van der Waals surface area (Å²) in [6.07, 6.45) is 0.915. The Labute approximate surface area is 117 Å². The van der Waals surface area contributed by atoms with E-state index in [1.165, 1.54) is 0 Å². The minimum Gasteiger partial charge on any atom is -0.378 e. The van der Waals surface area contributed by atoms with Crippen molar-refractivity contribution < 1.29 is 0 Å². The second-order valence-electron chi connectivity index (χ2n) is 4.26. The highest BCUT2D eigenvalue weighted by molar-refractivity contribution is 6.33. The number of halogens is 1. The Hall–Kier alpha value is -1.99. The summed E-state index contributed by atoms with van der Waals surface area (Å²) in [7, 11) is 1.92. The average Bonchev–Trinajstić information content (AvgIpc) is 2.78. The van der Waals surface area contributed by atoms with Gasteiger partial charge in [0.1, 0.15) is 0 Å². The molecule has 2 aromatic rings. The maximum absolute atomic E-state index is 8.88. The van der Waals surface area contributed by atoms with E-state index in [1.54, 1.807) is 18.2 Å². The van der Waals surface area contributed by atoms with Crippen molar-refractivity contribution in [2.75, 3.05) is 5.32 Å². The van der Waals surface area contributed by atoms with Gasteiger partial charge in [0.15, 0.2) is 0 Å². The largest absolute Gasteiger partial charge is 0.378 e. The molecule has 4 nitrogen and oxygen atoms in total. The Bertz CT molecular complexity index is 625. The minimum absolute atomic E-state index is 0.589. The highest BCUT2D eigenvalue weighted by atomic mass is 35.5. The maximum Gasteiger partial charge on any atom is 0.0992 e. The molecule has 0 saturated heterocycles. The fourth-order valence-electron chi connectivity index (χ4n) is 1.83. The summed E-state index contributed by atoms with van der Waals surface area (Å²) in [5, 5.41) is 17.1. The van der Waals surface area contributed by atoms with Crippen LogP contribution in [-0.4, -0.2) is 9.78 Å². The molecule has 0 amide bonds. The van der Waals surface area contributed by atoms with E-state index < -0.39 is 0 Å². The number of hydrogen-bond acceptors (Lipinski definition) is 3. The van der Waals surface area contributed by atoms with Crippen LogP contribution in [-0.2, 0) is 20.0 Å². The third-order valence-corrected chi connectivity index (χ3v) is 3.27. The summed E-state index contributed by atoms with van der Waals surface area (Å²) in [4.78, 5) is 0. The zero-order valence-electron chi connectivity index (χ0n) is 10.9. The van der Waals surface area contributed by atoms with Gasteiger partial charge in [-0.15, -0.1) is 0 Å². The first-order valence-corrected chi connectivity index (χ1v) is 6.47. The van der Waals surface area contributed by atoms with Crippen LogP contribution >= 0.6 is 11.6 Å². The lowest BCUT2D eigenvalue weighted by molar-refractivity contribution is 0.707. The van der Waals surface area contributed by atoms with Gasteiger partial charge < -0.3 is 5.32 Å². The van der Waals surface area contributed by atoms with E-state index in [-0.39, 0.29) is 0 Å². The van der Waals surface area contributed by atoms with Crippen LogP contribution < -0.4 is 5.32 Å². The SMILES string of the molecule is CCc1cc(CNc2cc(C#N)ccc2Cl)n(C)n1. The van der Waals surface area contributed by atoms with E-state index in [9.17, 15) is 0 Å². The first-order valence-electron chi connectivity index (χ1n) is 6.09. The van der Waals surface area contributed by atoms with Gasteiger partial charge in [0.2, 0.25) is 0 Å². The molecular formula is C14H15ClN4. The topological polar surface area (TPSA) is 53.6 Å². The summed E-state index contributed by atoms with van der Waals surface area (Å²) in [5.74, 6) is 0. The molecule has 19 heavy (non-hydrogen) atoms. The monoisotopic (exact) mass is 274 g/mol. The molecular weight excluding hydrogens is 260 g/mol. The fourth-order valence-corrected chi connectivity index (χ4v) is 2.01. The van der Waals surface area contributed by atoms with Crippen LogP contribution in [0, 0.1) is 11.3 Å². The van der Waals surface area contributed by atoms with Gasteiger partial charge in [0.05, 0.1) is 40.3 Å². The van der Waals surface area contributed by atoms with Gasteiger partial charge in [-0.25, -0.2) is 0 Å². The van der Waals surface area contributed by atoms with Crippen LogP contribution in [0.15, 0.2) is 24.3 Å². The third-order valence-electron chi connectivity index (χ3n) is 2.94. The normalized spacial score (nSPS) is 10.2. The third kappa shape index (κ3) is 3.07. The molecule has 0 radical (unpaired) electrons. The van der Waals surface area contributed by atoms with Gasteiger partial charge in [-0.2, -0.15) is 10.4 Å². The molecule has 0 unspecified atom stereocenters. The Morgan fingerprint density at radius 3 is 2.84 bits per heavy atom. The number of benzene rings is 1. The Balaban J connectivity index is 2.14. The number of nitrogens with zero attached hydrogens (tertiary/aromatic N) is 3. The summed E-state index contributed by atoms with van der Waals surface area (Å²) in [6.45, 7) is 2.70. The lowest BCUT2D eigenvalue weighted by atomic mass is 10.2. The first-order chi connectivity index (χ1) is 9.13. The van der Waals surface area contributed by atoms with Crippen molar-refractivity contribution in [2.45, 2.75) is 19.9 Å². The van der Waals surface area contributed by atoms with E-state index in [0.717, 1.165) is 23.5 Å². The molecule has 0 spiro atoms. The van der Waals surface area contributed by atoms with E-state index in [0.29, 0.717) is 17.1 Å². The number of aromatic nitrogens is 2. The van der Waals surface area contributed by atoms with Crippen molar-refractivity contribution >= 4 is 17.3 Å². The molecule has 98 valence electrons. The molecule has 1 aromatic heterocycles. The van der Waals surface area contributed by atoms with Gasteiger partial charge in [0, 0.05) is 7.05 Å². The van der Waals surface area contributed by atoms with E-state index >= 15 is 0 Å². The average molecular weight is 275 g/mol. The number of nitriles is 1. The van der Waals surface area contributed by atoms with Crippen LogP contribution in [0.25, 0.3) is 0 Å². The molecule has 1 heterocycles. The number of anilines is 1. The molecule has 2 rings (SSSR count). The van der Waals surface area contributed by atoms with Crippen molar-refractivity contribution in [3.63, 3.8) is 0 Å². The van der Waals surface area contributed by atoms with E-state index in [4.69, 9.17) is 16.9 Å². The maximum atomic E-state index is 8.88. The summed E-state index contributed by atoms with van der Waals surface area (Å²) >= 11 is 6.10.